The second-order valence-electron chi connectivity index (χ2n) is 6.23. The molecule has 0 heterocycles. The first-order valence-corrected chi connectivity index (χ1v) is 9.52. The number of methoxy groups -OCH3 is 1. The summed E-state index contributed by atoms with van der Waals surface area (Å²) in [6.45, 7) is 4.09. The van der Waals surface area contributed by atoms with E-state index in [2.05, 4.69) is 5.32 Å². The number of nitrogens with one attached hydrogen (secondary N) is 1. The van der Waals surface area contributed by atoms with Gasteiger partial charge in [0.05, 0.1) is 24.4 Å². The van der Waals surface area contributed by atoms with Crippen LogP contribution >= 0.6 is 11.6 Å². The van der Waals surface area contributed by atoms with Gasteiger partial charge in [0, 0.05) is 6.08 Å². The first-order chi connectivity index (χ1) is 13.9. The van der Waals surface area contributed by atoms with E-state index >= 15 is 0 Å². The molecule has 0 saturated heterocycles. The lowest BCUT2D eigenvalue weighted by molar-refractivity contribution is -0.142. The van der Waals surface area contributed by atoms with Crippen LogP contribution in [0.25, 0.3) is 6.08 Å². The average Bonchev–Trinajstić information content (AvgIpc) is 2.71. The third-order valence-corrected chi connectivity index (χ3v) is 4.12. The van der Waals surface area contributed by atoms with Gasteiger partial charge >= 0.3 is 5.97 Å². The topological polar surface area (TPSA) is 73.9 Å². The van der Waals surface area contributed by atoms with E-state index in [0.29, 0.717) is 28.8 Å². The number of rotatable bonds is 9. The number of carbonyl (C=O) groups excluding carboxylic acids is 2. The fourth-order valence-corrected chi connectivity index (χ4v) is 2.66. The number of benzene rings is 2. The first kappa shape index (κ1) is 22.3. The van der Waals surface area contributed by atoms with Gasteiger partial charge in [-0.15, -0.1) is 0 Å². The van der Waals surface area contributed by atoms with Crippen LogP contribution in [0.5, 0.6) is 11.5 Å². The molecule has 0 aromatic heterocycles. The van der Waals surface area contributed by atoms with Gasteiger partial charge in [-0.25, -0.2) is 4.79 Å². The van der Waals surface area contributed by atoms with Crippen molar-refractivity contribution in [2.24, 2.45) is 0 Å². The number of hydrogen-bond donors (Lipinski definition) is 1. The van der Waals surface area contributed by atoms with Crippen molar-refractivity contribution in [3.05, 3.63) is 58.6 Å². The summed E-state index contributed by atoms with van der Waals surface area (Å²) in [7, 11) is 1.55. The number of esters is 1. The average molecular weight is 418 g/mol. The first-order valence-electron chi connectivity index (χ1n) is 9.14. The molecule has 0 aliphatic carbocycles. The van der Waals surface area contributed by atoms with Gasteiger partial charge in [0.2, 0.25) is 0 Å². The molecular weight excluding hydrogens is 394 g/mol. The van der Waals surface area contributed by atoms with E-state index in [4.69, 9.17) is 25.8 Å². The Morgan fingerprint density at radius 1 is 1.14 bits per heavy atom. The SMILES string of the molecule is CCCOc1ccc(/C=C/C(=O)OCC(=O)Nc2ccc(C)cc2Cl)cc1OC. The fraction of sp³-hybridized carbons (Fsp3) is 0.273. The molecule has 2 aromatic rings. The summed E-state index contributed by atoms with van der Waals surface area (Å²) in [6.07, 6.45) is 3.71. The van der Waals surface area contributed by atoms with E-state index in [9.17, 15) is 9.59 Å². The summed E-state index contributed by atoms with van der Waals surface area (Å²) in [5.74, 6) is 0.0980. The molecule has 0 radical (unpaired) electrons. The second-order valence-corrected chi connectivity index (χ2v) is 6.64. The minimum atomic E-state index is -0.638. The quantitative estimate of drug-likeness (QED) is 0.475. The highest BCUT2D eigenvalue weighted by Gasteiger charge is 2.09. The molecular formula is C22H24ClNO5. The maximum atomic E-state index is 11.9. The van der Waals surface area contributed by atoms with Crippen LogP contribution in [0.1, 0.15) is 24.5 Å². The standard InChI is InChI=1S/C22H24ClNO5/c1-4-11-28-19-9-6-16(13-20(19)27-3)7-10-22(26)29-14-21(25)24-18-8-5-15(2)12-17(18)23/h5-10,12-13H,4,11,14H2,1-3H3,(H,24,25)/b10-7+. The van der Waals surface area contributed by atoms with Gasteiger partial charge in [-0.3, -0.25) is 4.79 Å². The van der Waals surface area contributed by atoms with Crippen LogP contribution in [-0.4, -0.2) is 32.2 Å². The number of anilines is 1. The van der Waals surface area contributed by atoms with Gasteiger partial charge in [0.1, 0.15) is 0 Å². The van der Waals surface area contributed by atoms with Crippen LogP contribution in [0.4, 0.5) is 5.69 Å². The van der Waals surface area contributed by atoms with Crippen LogP contribution in [0.2, 0.25) is 5.02 Å². The van der Waals surface area contributed by atoms with Crippen molar-refractivity contribution in [2.75, 3.05) is 25.6 Å². The lowest BCUT2D eigenvalue weighted by Crippen LogP contribution is -2.20. The van der Waals surface area contributed by atoms with E-state index in [-0.39, 0.29) is 0 Å². The van der Waals surface area contributed by atoms with Crippen LogP contribution in [0, 0.1) is 6.92 Å². The van der Waals surface area contributed by atoms with E-state index in [1.807, 2.05) is 19.9 Å². The molecule has 7 heteroatoms. The molecule has 6 nitrogen and oxygen atoms in total. The molecule has 29 heavy (non-hydrogen) atoms. The van der Waals surface area contributed by atoms with Crippen molar-refractivity contribution in [1.82, 2.24) is 0 Å². The van der Waals surface area contributed by atoms with Gasteiger partial charge in [-0.1, -0.05) is 30.7 Å². The molecule has 154 valence electrons. The highest BCUT2D eigenvalue weighted by Crippen LogP contribution is 2.28. The monoisotopic (exact) mass is 417 g/mol. The molecule has 2 rings (SSSR count). The van der Waals surface area contributed by atoms with Crippen LogP contribution in [-0.2, 0) is 14.3 Å². The van der Waals surface area contributed by atoms with E-state index in [1.54, 1.807) is 43.5 Å². The lowest BCUT2D eigenvalue weighted by Gasteiger charge is -2.10. The zero-order valence-corrected chi connectivity index (χ0v) is 17.4. The van der Waals surface area contributed by atoms with Crippen molar-refractivity contribution in [2.45, 2.75) is 20.3 Å². The number of halogens is 1. The Morgan fingerprint density at radius 3 is 2.62 bits per heavy atom. The maximum Gasteiger partial charge on any atom is 0.331 e. The zero-order chi connectivity index (χ0) is 21.2. The molecule has 0 fully saturated rings. The fourth-order valence-electron chi connectivity index (χ4n) is 2.38. The van der Waals surface area contributed by atoms with Gasteiger partial charge in [-0.2, -0.15) is 0 Å². The summed E-state index contributed by atoms with van der Waals surface area (Å²) in [5, 5.41) is 3.02. The van der Waals surface area contributed by atoms with Gasteiger partial charge in [-0.05, 0) is 54.8 Å². The summed E-state index contributed by atoms with van der Waals surface area (Å²) in [5.41, 5.74) is 2.18. The zero-order valence-electron chi connectivity index (χ0n) is 16.7. The minimum absolute atomic E-state index is 0.416. The molecule has 0 spiro atoms. The number of ether oxygens (including phenoxy) is 3. The Hall–Kier alpha value is -2.99. The van der Waals surface area contributed by atoms with Crippen molar-refractivity contribution < 1.29 is 23.8 Å². The second kappa shape index (κ2) is 11.1. The molecule has 0 atom stereocenters. The molecule has 0 bridgehead atoms. The number of amides is 1. The molecule has 2 aromatic carbocycles. The van der Waals surface area contributed by atoms with Crippen molar-refractivity contribution >= 4 is 35.2 Å². The minimum Gasteiger partial charge on any atom is -0.493 e. The Bertz CT molecular complexity index is 895. The van der Waals surface area contributed by atoms with Crippen molar-refractivity contribution in [3.8, 4) is 11.5 Å². The van der Waals surface area contributed by atoms with Gasteiger partial charge < -0.3 is 19.5 Å². The Labute approximate surface area is 175 Å². The predicted molar refractivity (Wildman–Crippen MR) is 114 cm³/mol. The summed E-state index contributed by atoms with van der Waals surface area (Å²) in [6, 6.07) is 10.6. The third kappa shape index (κ3) is 7.16. The smallest absolute Gasteiger partial charge is 0.331 e. The number of aryl methyl sites for hydroxylation is 1. The maximum absolute atomic E-state index is 11.9. The van der Waals surface area contributed by atoms with Crippen LogP contribution < -0.4 is 14.8 Å². The van der Waals surface area contributed by atoms with Gasteiger partial charge in [0.15, 0.2) is 18.1 Å². The Morgan fingerprint density at radius 2 is 1.93 bits per heavy atom. The van der Waals surface area contributed by atoms with Crippen molar-refractivity contribution in [3.63, 3.8) is 0 Å². The lowest BCUT2D eigenvalue weighted by atomic mass is 10.2. The molecule has 0 saturated carbocycles. The molecule has 0 unspecified atom stereocenters. The van der Waals surface area contributed by atoms with Gasteiger partial charge in [0.25, 0.3) is 5.91 Å². The third-order valence-electron chi connectivity index (χ3n) is 3.81. The summed E-state index contributed by atoms with van der Waals surface area (Å²) >= 11 is 6.06. The Kier molecular flexibility index (Phi) is 8.55. The normalized spacial score (nSPS) is 10.6. The van der Waals surface area contributed by atoms with Crippen LogP contribution in [0.3, 0.4) is 0 Å². The Balaban J connectivity index is 1.88. The highest BCUT2D eigenvalue weighted by atomic mass is 35.5. The number of hydrogen-bond acceptors (Lipinski definition) is 5. The summed E-state index contributed by atoms with van der Waals surface area (Å²) in [4.78, 5) is 23.8. The summed E-state index contributed by atoms with van der Waals surface area (Å²) < 4.78 is 15.9. The van der Waals surface area contributed by atoms with E-state index in [1.165, 1.54) is 6.08 Å². The van der Waals surface area contributed by atoms with Crippen molar-refractivity contribution in [1.29, 1.82) is 0 Å². The predicted octanol–water partition coefficient (Wildman–Crippen LogP) is 4.64. The molecule has 1 N–H and O–H groups in total. The van der Waals surface area contributed by atoms with E-state index < -0.39 is 18.5 Å². The largest absolute Gasteiger partial charge is 0.493 e. The molecule has 1 amide bonds. The number of carbonyl (C=O) groups is 2. The van der Waals surface area contributed by atoms with Crippen LogP contribution in [0.15, 0.2) is 42.5 Å². The van der Waals surface area contributed by atoms with E-state index in [0.717, 1.165) is 17.5 Å². The highest BCUT2D eigenvalue weighted by molar-refractivity contribution is 6.33. The molecule has 0 aliphatic rings. The molecule has 0 aliphatic heterocycles.